The number of carbonyl (C=O) groups is 1. The molecule has 38 heavy (non-hydrogen) atoms. The van der Waals surface area contributed by atoms with Crippen LogP contribution in [0.4, 0.5) is 0 Å². The van der Waals surface area contributed by atoms with Gasteiger partial charge in [0, 0.05) is 22.3 Å². The third-order valence-corrected chi connectivity index (χ3v) is 7.62. The number of hydrogen-bond donors (Lipinski definition) is 2. The van der Waals surface area contributed by atoms with E-state index in [-0.39, 0.29) is 11.7 Å². The average Bonchev–Trinajstić information content (AvgIpc) is 3.44. The number of tetrazole rings is 1. The smallest absolute Gasteiger partial charge is 0.304 e. The molecule has 0 saturated carbocycles. The molecule has 0 spiro atoms. The number of rotatable bonds is 8. The van der Waals surface area contributed by atoms with E-state index in [1.165, 1.54) is 0 Å². The number of nitrogens with zero attached hydrogens (tertiary/aromatic N) is 4. The summed E-state index contributed by atoms with van der Waals surface area (Å²) in [5, 5.41) is 24.3. The molecule has 0 bridgehead atoms. The van der Waals surface area contributed by atoms with Crippen LogP contribution in [0.1, 0.15) is 34.1 Å². The minimum absolute atomic E-state index is 0.0678. The van der Waals surface area contributed by atoms with Gasteiger partial charge in [-0.2, -0.15) is 0 Å². The number of benzene rings is 3. The second-order valence-electron chi connectivity index (χ2n) is 8.83. The van der Waals surface area contributed by atoms with Crippen LogP contribution in [0.15, 0.2) is 72.8 Å². The van der Waals surface area contributed by atoms with E-state index in [2.05, 4.69) is 20.6 Å². The van der Waals surface area contributed by atoms with Gasteiger partial charge in [0.2, 0.25) is 0 Å². The molecule has 5 aromatic rings. The molecule has 10 heteroatoms. The molecule has 0 fully saturated rings. The Balaban J connectivity index is 1.30. The molecular weight excluding hydrogens is 502 g/mol. The number of carboxylic acids is 1. The van der Waals surface area contributed by atoms with Gasteiger partial charge in [0.05, 0.1) is 22.9 Å². The molecular formula is C28H23N5O4S. The van der Waals surface area contributed by atoms with Crippen molar-refractivity contribution >= 4 is 28.6 Å². The number of nitrogens with one attached hydrogen (secondary N) is 1. The number of aliphatic carboxylic acids is 1. The van der Waals surface area contributed by atoms with Gasteiger partial charge in [-0.3, -0.25) is 4.79 Å². The highest BCUT2D eigenvalue weighted by Gasteiger charge is 2.27. The first kappa shape index (κ1) is 23.9. The Morgan fingerprint density at radius 2 is 2.00 bits per heavy atom. The lowest BCUT2D eigenvalue weighted by atomic mass is 9.97. The van der Waals surface area contributed by atoms with Crippen LogP contribution in [-0.4, -0.2) is 42.4 Å². The zero-order valence-corrected chi connectivity index (χ0v) is 21.0. The number of pyridine rings is 1. The second kappa shape index (κ2) is 10.5. The molecule has 0 amide bonds. The molecule has 2 aromatic heterocycles. The Morgan fingerprint density at radius 1 is 1.08 bits per heavy atom. The first-order valence-electron chi connectivity index (χ1n) is 12.1. The van der Waals surface area contributed by atoms with Crippen LogP contribution < -0.4 is 9.47 Å². The van der Waals surface area contributed by atoms with Crippen LogP contribution in [0.2, 0.25) is 0 Å². The zero-order chi connectivity index (χ0) is 25.9. The summed E-state index contributed by atoms with van der Waals surface area (Å²) in [6.45, 7) is 0.696. The molecule has 0 aliphatic carbocycles. The fourth-order valence-electron chi connectivity index (χ4n) is 4.48. The predicted octanol–water partition coefficient (Wildman–Crippen LogP) is 5.18. The van der Waals surface area contributed by atoms with Crippen molar-refractivity contribution in [1.29, 1.82) is 0 Å². The van der Waals surface area contributed by atoms with Crippen molar-refractivity contribution in [2.24, 2.45) is 0 Å². The normalized spacial score (nSPS) is 14.3. The van der Waals surface area contributed by atoms with Crippen molar-refractivity contribution < 1.29 is 19.4 Å². The molecule has 1 unspecified atom stereocenters. The lowest BCUT2D eigenvalue weighted by Crippen LogP contribution is -2.04. The molecule has 6 rings (SSSR count). The van der Waals surface area contributed by atoms with E-state index in [4.69, 9.17) is 14.5 Å². The van der Waals surface area contributed by atoms with Gasteiger partial charge in [0.1, 0.15) is 24.7 Å². The van der Waals surface area contributed by atoms with Gasteiger partial charge in [-0.1, -0.05) is 36.4 Å². The van der Waals surface area contributed by atoms with Crippen LogP contribution in [-0.2, 0) is 18.0 Å². The van der Waals surface area contributed by atoms with Gasteiger partial charge in [-0.05, 0) is 58.0 Å². The molecule has 3 heterocycles. The second-order valence-corrected chi connectivity index (χ2v) is 10.0. The van der Waals surface area contributed by atoms with Crippen molar-refractivity contribution in [2.75, 3.05) is 5.75 Å². The largest absolute Gasteiger partial charge is 0.489 e. The van der Waals surface area contributed by atoms with Gasteiger partial charge in [-0.25, -0.2) is 10.1 Å². The molecule has 1 aliphatic rings. The van der Waals surface area contributed by atoms with Gasteiger partial charge in [-0.15, -0.1) is 16.9 Å². The third-order valence-electron chi connectivity index (χ3n) is 6.33. The van der Waals surface area contributed by atoms with Crippen LogP contribution in [0.25, 0.3) is 22.3 Å². The van der Waals surface area contributed by atoms with Crippen LogP contribution >= 0.6 is 11.8 Å². The van der Waals surface area contributed by atoms with E-state index in [1.54, 1.807) is 11.8 Å². The highest BCUT2D eigenvalue weighted by atomic mass is 32.2. The fourth-order valence-corrected chi connectivity index (χ4v) is 5.78. The van der Waals surface area contributed by atoms with E-state index in [0.717, 1.165) is 44.6 Å². The fraction of sp³-hybridized carbons (Fsp3) is 0.179. The summed E-state index contributed by atoms with van der Waals surface area (Å²) in [5.41, 5.74) is 5.61. The summed E-state index contributed by atoms with van der Waals surface area (Å²) in [6, 6.07) is 23.8. The highest BCUT2D eigenvalue weighted by molar-refractivity contribution is 7.99. The Hall–Kier alpha value is -4.44. The van der Waals surface area contributed by atoms with E-state index in [0.29, 0.717) is 30.5 Å². The summed E-state index contributed by atoms with van der Waals surface area (Å²) in [4.78, 5) is 15.9. The molecule has 190 valence electrons. The maximum Gasteiger partial charge on any atom is 0.304 e. The van der Waals surface area contributed by atoms with Gasteiger partial charge >= 0.3 is 5.97 Å². The van der Waals surface area contributed by atoms with Crippen LogP contribution in [0.3, 0.4) is 0 Å². The number of aromatic amines is 1. The zero-order valence-electron chi connectivity index (χ0n) is 20.2. The number of hydrogen-bond acceptors (Lipinski definition) is 8. The third kappa shape index (κ3) is 5.03. The number of H-pyrrole nitrogens is 1. The number of thioether (sulfide) groups is 1. The minimum atomic E-state index is -0.823. The average molecular weight is 526 g/mol. The number of para-hydroxylation sites is 1. The summed E-state index contributed by atoms with van der Waals surface area (Å²) in [5.74, 6) is 1.64. The minimum Gasteiger partial charge on any atom is -0.489 e. The summed E-state index contributed by atoms with van der Waals surface area (Å²) in [6.07, 6.45) is 0.0678. The topological polar surface area (TPSA) is 123 Å². The van der Waals surface area contributed by atoms with E-state index in [1.807, 2.05) is 72.8 Å². The summed E-state index contributed by atoms with van der Waals surface area (Å²) in [7, 11) is 0. The Kier molecular flexibility index (Phi) is 6.62. The van der Waals surface area contributed by atoms with Crippen molar-refractivity contribution in [2.45, 2.75) is 24.9 Å². The van der Waals surface area contributed by atoms with Gasteiger partial charge < -0.3 is 14.6 Å². The quantitative estimate of drug-likeness (QED) is 0.282. The lowest BCUT2D eigenvalue weighted by Gasteiger charge is -2.20. The van der Waals surface area contributed by atoms with E-state index >= 15 is 0 Å². The maximum absolute atomic E-state index is 11.2. The predicted molar refractivity (Wildman–Crippen MR) is 143 cm³/mol. The van der Waals surface area contributed by atoms with Gasteiger partial charge in [0.25, 0.3) is 0 Å². The SMILES string of the molecule is O=C(O)CCSC1c2ccc(-c3nnn[nH]3)cc2COc2ccc(OCc3ccc4ccccc4n3)cc21. The van der Waals surface area contributed by atoms with Crippen molar-refractivity contribution in [3.63, 3.8) is 0 Å². The Labute approximate surface area is 222 Å². The van der Waals surface area contributed by atoms with Crippen molar-refractivity contribution in [3.8, 4) is 22.9 Å². The Morgan fingerprint density at radius 3 is 2.87 bits per heavy atom. The first-order valence-corrected chi connectivity index (χ1v) is 13.1. The summed E-state index contributed by atoms with van der Waals surface area (Å²) < 4.78 is 12.4. The van der Waals surface area contributed by atoms with Crippen molar-refractivity contribution in [1.82, 2.24) is 25.6 Å². The molecule has 0 saturated heterocycles. The van der Waals surface area contributed by atoms with Crippen LogP contribution in [0.5, 0.6) is 11.5 Å². The number of aromatic nitrogens is 5. The van der Waals surface area contributed by atoms with E-state index < -0.39 is 5.97 Å². The summed E-state index contributed by atoms with van der Waals surface area (Å²) >= 11 is 1.58. The molecule has 3 aromatic carbocycles. The molecule has 0 radical (unpaired) electrons. The molecule has 9 nitrogen and oxygen atoms in total. The molecule has 1 aliphatic heterocycles. The highest BCUT2D eigenvalue weighted by Crippen LogP contribution is 2.46. The van der Waals surface area contributed by atoms with E-state index in [9.17, 15) is 9.90 Å². The standard InChI is InChI=1S/C28H23N5O4S/c34-26(35)11-12-38-27-22-9-6-18(28-30-32-33-31-28)13-19(22)15-37-25-10-8-21(14-23(25)27)36-16-20-7-5-17-3-1-2-4-24(17)29-20/h1-10,13-14,27H,11-12,15-16H2,(H,34,35)(H,30,31,32,33). The van der Waals surface area contributed by atoms with Gasteiger partial charge in [0.15, 0.2) is 5.82 Å². The first-order chi connectivity index (χ1) is 18.6. The molecule has 1 atom stereocenters. The Bertz CT molecular complexity index is 1610. The van der Waals surface area contributed by atoms with Crippen molar-refractivity contribution in [3.05, 3.63) is 95.2 Å². The monoisotopic (exact) mass is 525 g/mol. The van der Waals surface area contributed by atoms with Crippen LogP contribution in [0, 0.1) is 0 Å². The maximum atomic E-state index is 11.2. The number of fused-ring (bicyclic) bond motifs is 3. The number of carboxylic acid groups (broad SMARTS) is 1. The number of ether oxygens (including phenoxy) is 2. The molecule has 2 N–H and O–H groups in total. The lowest BCUT2D eigenvalue weighted by molar-refractivity contribution is -0.136.